The van der Waals surface area contributed by atoms with E-state index in [0.717, 1.165) is 63.6 Å². The van der Waals surface area contributed by atoms with Crippen molar-refractivity contribution in [1.29, 1.82) is 0 Å². The summed E-state index contributed by atoms with van der Waals surface area (Å²) in [6, 6.07) is 8.19. The maximum absolute atomic E-state index is 5.68. The Morgan fingerprint density at radius 1 is 1.10 bits per heavy atom. The molecule has 2 aliphatic heterocycles. The van der Waals surface area contributed by atoms with Crippen molar-refractivity contribution in [3.63, 3.8) is 0 Å². The molecule has 2 aliphatic rings. The highest BCUT2D eigenvalue weighted by molar-refractivity contribution is 5.59. The Morgan fingerprint density at radius 3 is 2.90 bits per heavy atom. The quantitative estimate of drug-likeness (QED) is 0.656. The molecule has 0 N–H and O–H groups in total. The molecule has 0 saturated carbocycles. The summed E-state index contributed by atoms with van der Waals surface area (Å²) >= 11 is 0. The van der Waals surface area contributed by atoms with Crippen LogP contribution in [0.25, 0.3) is 11.4 Å². The number of aromatic nitrogens is 4. The molecule has 8 nitrogen and oxygen atoms in total. The fourth-order valence-electron chi connectivity index (χ4n) is 4.03. The fourth-order valence-corrected chi connectivity index (χ4v) is 4.03. The average molecular weight is 392 g/mol. The third-order valence-electron chi connectivity index (χ3n) is 5.54. The second kappa shape index (κ2) is 8.26. The van der Waals surface area contributed by atoms with Crippen molar-refractivity contribution in [3.8, 4) is 11.4 Å². The van der Waals surface area contributed by atoms with Gasteiger partial charge in [0, 0.05) is 43.8 Å². The van der Waals surface area contributed by atoms with Crippen molar-refractivity contribution < 1.29 is 9.26 Å². The third kappa shape index (κ3) is 3.99. The molecule has 3 aromatic rings. The Bertz CT molecular complexity index is 941. The Labute approximate surface area is 169 Å². The van der Waals surface area contributed by atoms with Gasteiger partial charge in [0.1, 0.15) is 5.82 Å². The van der Waals surface area contributed by atoms with E-state index < -0.39 is 0 Å². The van der Waals surface area contributed by atoms with Crippen molar-refractivity contribution in [2.75, 3.05) is 37.7 Å². The van der Waals surface area contributed by atoms with E-state index in [1.165, 1.54) is 5.56 Å². The maximum Gasteiger partial charge on any atom is 0.244 e. The standard InChI is InChI=1S/C21H24N6O2/c1-3-16(14-22-6-1)15-27-8-2-4-18(27)21-24-20(25-29-21)17-5-7-23-19(13-17)26-9-11-28-12-10-26/h1,3,5-7,13-14,18H,2,4,8-12,15H2/t18-/m0/s1. The van der Waals surface area contributed by atoms with Crippen LogP contribution in [-0.2, 0) is 11.3 Å². The van der Waals surface area contributed by atoms with Gasteiger partial charge in [0.05, 0.1) is 19.3 Å². The van der Waals surface area contributed by atoms with Crippen LogP contribution in [0.5, 0.6) is 0 Å². The molecule has 150 valence electrons. The zero-order chi connectivity index (χ0) is 19.5. The molecule has 0 radical (unpaired) electrons. The average Bonchev–Trinajstić information content (AvgIpc) is 3.45. The molecule has 0 spiro atoms. The summed E-state index contributed by atoms with van der Waals surface area (Å²) in [7, 11) is 0. The molecular weight excluding hydrogens is 368 g/mol. The molecule has 8 heteroatoms. The molecule has 29 heavy (non-hydrogen) atoms. The summed E-state index contributed by atoms with van der Waals surface area (Å²) in [5.74, 6) is 2.23. The van der Waals surface area contributed by atoms with Crippen molar-refractivity contribution in [2.24, 2.45) is 0 Å². The number of hydrogen-bond donors (Lipinski definition) is 0. The van der Waals surface area contributed by atoms with Gasteiger partial charge < -0.3 is 14.2 Å². The van der Waals surface area contributed by atoms with Gasteiger partial charge in [-0.25, -0.2) is 4.98 Å². The maximum atomic E-state index is 5.68. The first-order chi connectivity index (χ1) is 14.4. The Kier molecular flexibility index (Phi) is 5.19. The first-order valence-electron chi connectivity index (χ1n) is 10.1. The van der Waals surface area contributed by atoms with Crippen LogP contribution in [0.3, 0.4) is 0 Å². The van der Waals surface area contributed by atoms with E-state index in [0.29, 0.717) is 11.7 Å². The molecule has 3 aromatic heterocycles. The Hall–Kier alpha value is -2.84. The van der Waals surface area contributed by atoms with Crippen LogP contribution in [0.1, 0.15) is 30.3 Å². The molecule has 0 unspecified atom stereocenters. The van der Waals surface area contributed by atoms with E-state index in [9.17, 15) is 0 Å². The zero-order valence-corrected chi connectivity index (χ0v) is 16.3. The largest absolute Gasteiger partial charge is 0.378 e. The van der Waals surface area contributed by atoms with Crippen molar-refractivity contribution in [1.82, 2.24) is 25.0 Å². The van der Waals surface area contributed by atoms with Gasteiger partial charge in [-0.2, -0.15) is 4.98 Å². The Morgan fingerprint density at radius 2 is 2.03 bits per heavy atom. The van der Waals surface area contributed by atoms with Gasteiger partial charge in [-0.3, -0.25) is 9.88 Å². The van der Waals surface area contributed by atoms with Gasteiger partial charge >= 0.3 is 0 Å². The van der Waals surface area contributed by atoms with E-state index in [-0.39, 0.29) is 6.04 Å². The van der Waals surface area contributed by atoms with E-state index in [1.54, 1.807) is 12.4 Å². The summed E-state index contributed by atoms with van der Waals surface area (Å²) in [6.07, 6.45) is 7.67. The van der Waals surface area contributed by atoms with Gasteiger partial charge in [0.2, 0.25) is 11.7 Å². The number of anilines is 1. The molecule has 0 aromatic carbocycles. The second-order valence-corrected chi connectivity index (χ2v) is 7.45. The topological polar surface area (TPSA) is 80.4 Å². The highest BCUT2D eigenvalue weighted by atomic mass is 16.5. The van der Waals surface area contributed by atoms with Crippen LogP contribution in [0, 0.1) is 0 Å². The summed E-state index contributed by atoms with van der Waals surface area (Å²) in [4.78, 5) is 18.1. The summed E-state index contributed by atoms with van der Waals surface area (Å²) in [6.45, 7) is 5.01. The number of ether oxygens (including phenoxy) is 1. The highest BCUT2D eigenvalue weighted by Crippen LogP contribution is 2.33. The zero-order valence-electron chi connectivity index (χ0n) is 16.3. The smallest absolute Gasteiger partial charge is 0.244 e. The number of nitrogens with zero attached hydrogens (tertiary/aromatic N) is 6. The van der Waals surface area contributed by atoms with Crippen molar-refractivity contribution >= 4 is 5.82 Å². The third-order valence-corrected chi connectivity index (χ3v) is 5.54. The first kappa shape index (κ1) is 18.2. The van der Waals surface area contributed by atoms with E-state index in [2.05, 4.69) is 31.0 Å². The number of morpholine rings is 1. The monoisotopic (exact) mass is 392 g/mol. The molecule has 0 bridgehead atoms. The Balaban J connectivity index is 1.34. The van der Waals surface area contributed by atoms with Gasteiger partial charge in [-0.15, -0.1) is 0 Å². The van der Waals surface area contributed by atoms with Crippen LogP contribution in [-0.4, -0.2) is 57.9 Å². The second-order valence-electron chi connectivity index (χ2n) is 7.45. The number of likely N-dealkylation sites (tertiary alicyclic amines) is 1. The van der Waals surface area contributed by atoms with Crippen molar-refractivity contribution in [2.45, 2.75) is 25.4 Å². The lowest BCUT2D eigenvalue weighted by atomic mass is 10.2. The van der Waals surface area contributed by atoms with Gasteiger partial charge in [-0.1, -0.05) is 11.2 Å². The minimum absolute atomic E-state index is 0.150. The van der Waals surface area contributed by atoms with Crippen LogP contribution < -0.4 is 4.90 Å². The van der Waals surface area contributed by atoms with Crippen molar-refractivity contribution in [3.05, 3.63) is 54.3 Å². The number of hydrogen-bond acceptors (Lipinski definition) is 8. The molecule has 2 saturated heterocycles. The molecule has 5 heterocycles. The van der Waals surface area contributed by atoms with Gasteiger partial charge in [0.25, 0.3) is 0 Å². The molecule has 0 aliphatic carbocycles. The summed E-state index contributed by atoms with van der Waals surface area (Å²) in [5, 5.41) is 4.26. The van der Waals surface area contributed by atoms with Crippen LogP contribution >= 0.6 is 0 Å². The van der Waals surface area contributed by atoms with E-state index >= 15 is 0 Å². The van der Waals surface area contributed by atoms with Crippen LogP contribution in [0.2, 0.25) is 0 Å². The lowest BCUT2D eigenvalue weighted by Gasteiger charge is -2.27. The minimum atomic E-state index is 0.150. The van der Waals surface area contributed by atoms with E-state index in [1.807, 2.05) is 24.4 Å². The summed E-state index contributed by atoms with van der Waals surface area (Å²) in [5.41, 5.74) is 2.12. The molecule has 0 amide bonds. The van der Waals surface area contributed by atoms with Crippen LogP contribution in [0.15, 0.2) is 47.4 Å². The predicted molar refractivity (Wildman–Crippen MR) is 107 cm³/mol. The molecule has 2 fully saturated rings. The fraction of sp³-hybridized carbons (Fsp3) is 0.429. The number of rotatable bonds is 5. The molecule has 5 rings (SSSR count). The lowest BCUT2D eigenvalue weighted by molar-refractivity contribution is 0.122. The van der Waals surface area contributed by atoms with Crippen LogP contribution in [0.4, 0.5) is 5.82 Å². The summed E-state index contributed by atoms with van der Waals surface area (Å²) < 4.78 is 11.1. The van der Waals surface area contributed by atoms with Gasteiger partial charge in [0.15, 0.2) is 0 Å². The van der Waals surface area contributed by atoms with E-state index in [4.69, 9.17) is 14.2 Å². The predicted octanol–water partition coefficient (Wildman–Crippen LogP) is 2.70. The molecule has 1 atom stereocenters. The minimum Gasteiger partial charge on any atom is -0.378 e. The number of pyridine rings is 2. The molecular formula is C21H24N6O2. The lowest BCUT2D eigenvalue weighted by Crippen LogP contribution is -2.36. The normalized spacial score (nSPS) is 20.3. The SMILES string of the molecule is c1cncc(CN2CCC[C@H]2c2nc(-c3ccnc(N4CCOCC4)c3)no2)c1. The first-order valence-corrected chi connectivity index (χ1v) is 10.1. The highest BCUT2D eigenvalue weighted by Gasteiger charge is 2.31. The van der Waals surface area contributed by atoms with Gasteiger partial charge in [-0.05, 0) is 43.1 Å².